The van der Waals surface area contributed by atoms with Gasteiger partial charge in [-0.15, -0.1) is 0 Å². The number of nitrogens with zero attached hydrogens (tertiary/aromatic N) is 2. The Kier molecular flexibility index (Phi) is 2.22. The summed E-state index contributed by atoms with van der Waals surface area (Å²) in [4.78, 5) is 4.26. The van der Waals surface area contributed by atoms with Crippen molar-refractivity contribution in [2.75, 3.05) is 0 Å². The van der Waals surface area contributed by atoms with Crippen molar-refractivity contribution in [3.8, 4) is 6.07 Å². The van der Waals surface area contributed by atoms with E-state index in [9.17, 15) is 0 Å². The van der Waals surface area contributed by atoms with E-state index in [2.05, 4.69) is 27.0 Å². The fraction of sp³-hybridized carbons (Fsp3) is 0.0909. The normalized spacial score (nSPS) is 10.1. The first-order chi connectivity index (χ1) is 6.72. The molecule has 1 aromatic carbocycles. The molecule has 2 nitrogen and oxygen atoms in total. The standard InChI is InChI=1S/C11H7BrN2/c1-7-4-8-9(5-13)10(12)2-3-11(8)14-6-7/h2-4,6H,1H3. The highest BCUT2D eigenvalue weighted by atomic mass is 79.9. The number of aryl methyl sites for hydroxylation is 1. The molecule has 0 fully saturated rings. The fourth-order valence-electron chi connectivity index (χ4n) is 1.39. The van der Waals surface area contributed by atoms with Crippen LogP contribution in [-0.4, -0.2) is 4.98 Å². The monoisotopic (exact) mass is 246 g/mol. The second-order valence-electron chi connectivity index (χ2n) is 3.11. The Morgan fingerprint density at radius 3 is 2.93 bits per heavy atom. The molecule has 0 bridgehead atoms. The van der Waals surface area contributed by atoms with Crippen molar-refractivity contribution in [3.63, 3.8) is 0 Å². The minimum Gasteiger partial charge on any atom is -0.256 e. The zero-order valence-electron chi connectivity index (χ0n) is 7.58. The van der Waals surface area contributed by atoms with Gasteiger partial charge in [-0.2, -0.15) is 5.26 Å². The summed E-state index contributed by atoms with van der Waals surface area (Å²) in [5.41, 5.74) is 2.57. The molecule has 0 aliphatic rings. The van der Waals surface area contributed by atoms with Crippen molar-refractivity contribution < 1.29 is 0 Å². The van der Waals surface area contributed by atoms with Gasteiger partial charge in [0.2, 0.25) is 0 Å². The Morgan fingerprint density at radius 1 is 1.43 bits per heavy atom. The van der Waals surface area contributed by atoms with Crippen LogP contribution in [0.1, 0.15) is 11.1 Å². The number of pyridine rings is 1. The topological polar surface area (TPSA) is 36.7 Å². The maximum absolute atomic E-state index is 9.00. The number of halogens is 1. The summed E-state index contributed by atoms with van der Waals surface area (Å²) in [6.07, 6.45) is 1.80. The third kappa shape index (κ3) is 1.38. The first kappa shape index (κ1) is 9.17. The van der Waals surface area contributed by atoms with E-state index in [-0.39, 0.29) is 0 Å². The molecule has 0 unspecified atom stereocenters. The molecular formula is C11H7BrN2. The lowest BCUT2D eigenvalue weighted by Gasteiger charge is -2.02. The predicted molar refractivity (Wildman–Crippen MR) is 58.9 cm³/mol. The Hall–Kier alpha value is -1.40. The second-order valence-corrected chi connectivity index (χ2v) is 3.97. The SMILES string of the molecule is Cc1cnc2ccc(Br)c(C#N)c2c1. The summed E-state index contributed by atoms with van der Waals surface area (Å²) in [6, 6.07) is 7.91. The first-order valence-electron chi connectivity index (χ1n) is 4.17. The highest BCUT2D eigenvalue weighted by Gasteiger charge is 2.05. The molecule has 1 heterocycles. The van der Waals surface area contributed by atoms with Gasteiger partial charge in [-0.25, -0.2) is 0 Å². The Balaban J connectivity index is 2.93. The van der Waals surface area contributed by atoms with Gasteiger partial charge >= 0.3 is 0 Å². The van der Waals surface area contributed by atoms with Gasteiger partial charge in [0.25, 0.3) is 0 Å². The first-order valence-corrected chi connectivity index (χ1v) is 4.96. The van der Waals surface area contributed by atoms with Crippen LogP contribution in [0.15, 0.2) is 28.9 Å². The number of hydrogen-bond acceptors (Lipinski definition) is 2. The van der Waals surface area contributed by atoms with Crippen molar-refractivity contribution in [1.29, 1.82) is 5.26 Å². The van der Waals surface area contributed by atoms with E-state index < -0.39 is 0 Å². The summed E-state index contributed by atoms with van der Waals surface area (Å²) in [5, 5.41) is 9.90. The van der Waals surface area contributed by atoms with Gasteiger partial charge in [0, 0.05) is 16.1 Å². The Bertz CT molecular complexity index is 535. The largest absolute Gasteiger partial charge is 0.256 e. The number of rotatable bonds is 0. The molecule has 0 saturated carbocycles. The minimum atomic E-state index is 0.652. The molecule has 0 atom stereocenters. The molecule has 0 amide bonds. The van der Waals surface area contributed by atoms with Gasteiger partial charge in [-0.1, -0.05) is 0 Å². The Labute approximate surface area is 90.3 Å². The Morgan fingerprint density at radius 2 is 2.21 bits per heavy atom. The van der Waals surface area contributed by atoms with Crippen molar-refractivity contribution >= 4 is 26.8 Å². The van der Waals surface area contributed by atoms with E-state index in [1.54, 1.807) is 6.20 Å². The van der Waals surface area contributed by atoms with Crippen molar-refractivity contribution in [2.24, 2.45) is 0 Å². The molecule has 0 N–H and O–H groups in total. The van der Waals surface area contributed by atoms with Gasteiger partial charge in [-0.05, 0) is 46.6 Å². The van der Waals surface area contributed by atoms with E-state index in [4.69, 9.17) is 5.26 Å². The summed E-state index contributed by atoms with van der Waals surface area (Å²) < 4.78 is 0.819. The minimum absolute atomic E-state index is 0.652. The van der Waals surface area contributed by atoms with Crippen LogP contribution in [-0.2, 0) is 0 Å². The molecule has 0 aliphatic heterocycles. The van der Waals surface area contributed by atoms with Crippen molar-refractivity contribution in [2.45, 2.75) is 6.92 Å². The maximum atomic E-state index is 9.00. The zero-order valence-corrected chi connectivity index (χ0v) is 9.17. The molecule has 0 saturated heterocycles. The van der Waals surface area contributed by atoms with Crippen LogP contribution in [0.4, 0.5) is 0 Å². The number of nitriles is 1. The molecule has 2 aromatic rings. The molecule has 0 aliphatic carbocycles. The van der Waals surface area contributed by atoms with Crippen LogP contribution < -0.4 is 0 Å². The lowest BCUT2D eigenvalue weighted by atomic mass is 10.1. The third-order valence-electron chi connectivity index (χ3n) is 2.06. The van der Waals surface area contributed by atoms with Crippen LogP contribution >= 0.6 is 15.9 Å². The molecular weight excluding hydrogens is 240 g/mol. The van der Waals surface area contributed by atoms with E-state index in [0.29, 0.717) is 5.56 Å². The predicted octanol–water partition coefficient (Wildman–Crippen LogP) is 3.18. The maximum Gasteiger partial charge on any atom is 0.101 e. The molecule has 1 aromatic heterocycles. The van der Waals surface area contributed by atoms with Crippen LogP contribution in [0.3, 0.4) is 0 Å². The van der Waals surface area contributed by atoms with E-state index in [0.717, 1.165) is 20.9 Å². The second kappa shape index (κ2) is 3.39. The van der Waals surface area contributed by atoms with E-state index in [1.165, 1.54) is 0 Å². The lowest BCUT2D eigenvalue weighted by molar-refractivity contribution is 1.33. The molecule has 68 valence electrons. The van der Waals surface area contributed by atoms with Gasteiger partial charge in [0.05, 0.1) is 11.1 Å². The molecule has 14 heavy (non-hydrogen) atoms. The van der Waals surface area contributed by atoms with E-state index >= 15 is 0 Å². The average Bonchev–Trinajstić information content (AvgIpc) is 2.17. The smallest absolute Gasteiger partial charge is 0.101 e. The summed E-state index contributed by atoms with van der Waals surface area (Å²) >= 11 is 3.35. The zero-order chi connectivity index (χ0) is 10.1. The van der Waals surface area contributed by atoms with Crippen molar-refractivity contribution in [1.82, 2.24) is 4.98 Å². The lowest BCUT2D eigenvalue weighted by Crippen LogP contribution is -1.86. The number of hydrogen-bond donors (Lipinski definition) is 0. The van der Waals surface area contributed by atoms with Crippen LogP contribution in [0.5, 0.6) is 0 Å². The number of aromatic nitrogens is 1. The van der Waals surface area contributed by atoms with Crippen LogP contribution in [0.25, 0.3) is 10.9 Å². The van der Waals surface area contributed by atoms with Crippen LogP contribution in [0.2, 0.25) is 0 Å². The summed E-state index contributed by atoms with van der Waals surface area (Å²) in [5.74, 6) is 0. The number of fused-ring (bicyclic) bond motifs is 1. The van der Waals surface area contributed by atoms with Crippen molar-refractivity contribution in [3.05, 3.63) is 40.0 Å². The van der Waals surface area contributed by atoms with E-state index in [1.807, 2.05) is 25.1 Å². The van der Waals surface area contributed by atoms with Gasteiger partial charge in [-0.3, -0.25) is 4.98 Å². The fourth-order valence-corrected chi connectivity index (χ4v) is 1.82. The third-order valence-corrected chi connectivity index (χ3v) is 2.72. The average molecular weight is 247 g/mol. The van der Waals surface area contributed by atoms with Gasteiger partial charge < -0.3 is 0 Å². The quantitative estimate of drug-likeness (QED) is 0.716. The molecule has 0 radical (unpaired) electrons. The molecule has 3 heteroatoms. The van der Waals surface area contributed by atoms with Crippen LogP contribution in [0, 0.1) is 18.3 Å². The molecule has 0 spiro atoms. The molecule has 2 rings (SSSR count). The van der Waals surface area contributed by atoms with Gasteiger partial charge in [0.15, 0.2) is 0 Å². The highest BCUT2D eigenvalue weighted by Crippen LogP contribution is 2.24. The highest BCUT2D eigenvalue weighted by molar-refractivity contribution is 9.10. The summed E-state index contributed by atoms with van der Waals surface area (Å²) in [7, 11) is 0. The number of benzene rings is 1. The van der Waals surface area contributed by atoms with Gasteiger partial charge in [0.1, 0.15) is 6.07 Å². The summed E-state index contributed by atoms with van der Waals surface area (Å²) in [6.45, 7) is 1.97.